The van der Waals surface area contributed by atoms with E-state index in [2.05, 4.69) is 60.8 Å². The van der Waals surface area contributed by atoms with E-state index in [-0.39, 0.29) is 6.61 Å². The Morgan fingerprint density at radius 3 is 2.48 bits per heavy atom. The van der Waals surface area contributed by atoms with Crippen LogP contribution < -0.4 is 10.1 Å². The minimum absolute atomic E-state index is 0.193. The molecule has 0 amide bonds. The Morgan fingerprint density at radius 1 is 0.963 bits per heavy atom. The predicted octanol–water partition coefficient (Wildman–Crippen LogP) is 4.20. The van der Waals surface area contributed by atoms with Crippen molar-refractivity contribution in [2.45, 2.75) is 19.9 Å². The van der Waals surface area contributed by atoms with Gasteiger partial charge in [-0.2, -0.15) is 0 Å². The second kappa shape index (κ2) is 9.31. The van der Waals surface area contributed by atoms with Crippen LogP contribution in [-0.2, 0) is 6.54 Å². The highest BCUT2D eigenvalue weighted by Crippen LogP contribution is 2.32. The molecule has 4 heteroatoms. The molecule has 2 N–H and O–H groups in total. The zero-order valence-corrected chi connectivity index (χ0v) is 15.9. The summed E-state index contributed by atoms with van der Waals surface area (Å²) in [6.07, 6.45) is 0.735. The summed E-state index contributed by atoms with van der Waals surface area (Å²) in [5.41, 5.74) is 6.64. The fraction of sp³-hybridized carbons (Fsp3) is 0.261. The lowest BCUT2D eigenvalue weighted by atomic mass is 9.94. The summed E-state index contributed by atoms with van der Waals surface area (Å²) in [5.74, 6) is 0.633. The molecule has 27 heavy (non-hydrogen) atoms. The average Bonchev–Trinajstić information content (AvgIpc) is 2.72. The number of rotatable bonds is 8. The average molecular weight is 362 g/mol. The molecule has 2 aromatic carbocycles. The normalized spacial score (nSPS) is 10.8. The lowest BCUT2D eigenvalue weighted by Gasteiger charge is -2.14. The van der Waals surface area contributed by atoms with E-state index in [1.54, 1.807) is 7.11 Å². The van der Waals surface area contributed by atoms with Crippen LogP contribution in [0, 0.1) is 6.92 Å². The van der Waals surface area contributed by atoms with Crippen LogP contribution in [0.5, 0.6) is 5.88 Å². The number of benzene rings is 2. The maximum Gasteiger partial charge on any atom is 0.218 e. The van der Waals surface area contributed by atoms with Gasteiger partial charge in [0.25, 0.3) is 0 Å². The van der Waals surface area contributed by atoms with Gasteiger partial charge in [-0.1, -0.05) is 54.6 Å². The highest BCUT2D eigenvalue weighted by atomic mass is 16.5. The molecule has 0 atom stereocenters. The first-order valence-electron chi connectivity index (χ1n) is 9.25. The number of aliphatic hydroxyl groups excluding tert-OH is 1. The first kappa shape index (κ1) is 19.1. The summed E-state index contributed by atoms with van der Waals surface area (Å²) in [5, 5.41) is 12.2. The van der Waals surface area contributed by atoms with E-state index < -0.39 is 0 Å². The first-order valence-corrected chi connectivity index (χ1v) is 9.25. The number of nitrogens with one attached hydrogen (secondary N) is 1. The van der Waals surface area contributed by atoms with Crippen LogP contribution in [0.4, 0.5) is 0 Å². The highest BCUT2D eigenvalue weighted by molar-refractivity contribution is 5.77. The Bertz CT molecular complexity index is 879. The number of hydrogen-bond acceptors (Lipinski definition) is 4. The standard InChI is InChI=1S/C23H26N2O2/c1-17-20(18-8-4-3-5-9-18)10-6-11-21(17)22-13-12-19(23(25-22)27-2)16-24-14-7-15-26/h3-6,8-13,24,26H,7,14-16H2,1-2H3. The zero-order chi connectivity index (χ0) is 19.1. The van der Waals surface area contributed by atoms with Crippen molar-refractivity contribution >= 4 is 0 Å². The molecule has 4 nitrogen and oxygen atoms in total. The number of hydrogen-bond donors (Lipinski definition) is 2. The van der Waals surface area contributed by atoms with E-state index in [4.69, 9.17) is 14.8 Å². The van der Waals surface area contributed by atoms with Crippen molar-refractivity contribution in [3.8, 4) is 28.3 Å². The van der Waals surface area contributed by atoms with Crippen molar-refractivity contribution in [1.82, 2.24) is 10.3 Å². The molecule has 0 bridgehead atoms. The molecule has 0 spiro atoms. The van der Waals surface area contributed by atoms with Crippen LogP contribution in [-0.4, -0.2) is 30.4 Å². The molecule has 1 heterocycles. The van der Waals surface area contributed by atoms with Crippen LogP contribution >= 0.6 is 0 Å². The molecule has 0 unspecified atom stereocenters. The summed E-state index contributed by atoms with van der Waals surface area (Å²) >= 11 is 0. The van der Waals surface area contributed by atoms with E-state index in [1.807, 2.05) is 12.1 Å². The molecule has 140 valence electrons. The zero-order valence-electron chi connectivity index (χ0n) is 15.9. The number of pyridine rings is 1. The molecule has 1 aromatic heterocycles. The van der Waals surface area contributed by atoms with Gasteiger partial charge in [0.1, 0.15) is 0 Å². The van der Waals surface area contributed by atoms with Gasteiger partial charge in [-0.25, -0.2) is 4.98 Å². The van der Waals surface area contributed by atoms with Crippen LogP contribution in [0.3, 0.4) is 0 Å². The molecular formula is C23H26N2O2. The number of aliphatic hydroxyl groups is 1. The van der Waals surface area contributed by atoms with Gasteiger partial charge in [-0.05, 0) is 42.6 Å². The molecule has 0 aliphatic rings. The van der Waals surface area contributed by atoms with Gasteiger partial charge in [-0.15, -0.1) is 0 Å². The summed E-state index contributed by atoms with van der Waals surface area (Å²) < 4.78 is 5.52. The van der Waals surface area contributed by atoms with Crippen LogP contribution in [0.2, 0.25) is 0 Å². The van der Waals surface area contributed by atoms with Crippen LogP contribution in [0.15, 0.2) is 60.7 Å². The van der Waals surface area contributed by atoms with Crippen molar-refractivity contribution in [2.75, 3.05) is 20.3 Å². The largest absolute Gasteiger partial charge is 0.481 e. The Morgan fingerprint density at radius 2 is 1.74 bits per heavy atom. The number of ether oxygens (including phenoxy) is 1. The SMILES string of the molecule is COc1nc(-c2cccc(-c3ccccc3)c2C)ccc1CNCCCO. The van der Waals surface area contributed by atoms with Gasteiger partial charge in [0.15, 0.2) is 0 Å². The second-order valence-electron chi connectivity index (χ2n) is 6.46. The molecule has 0 aliphatic heterocycles. The molecule has 0 radical (unpaired) electrons. The summed E-state index contributed by atoms with van der Waals surface area (Å²) in [7, 11) is 1.65. The van der Waals surface area contributed by atoms with Crippen LogP contribution in [0.1, 0.15) is 17.5 Å². The molecule has 0 saturated carbocycles. The molecule has 3 aromatic rings. The predicted molar refractivity (Wildman–Crippen MR) is 110 cm³/mol. The van der Waals surface area contributed by atoms with Gasteiger partial charge >= 0.3 is 0 Å². The maximum atomic E-state index is 8.88. The van der Waals surface area contributed by atoms with Gasteiger partial charge in [0.05, 0.1) is 12.8 Å². The van der Waals surface area contributed by atoms with E-state index in [9.17, 15) is 0 Å². The highest BCUT2D eigenvalue weighted by Gasteiger charge is 2.12. The number of nitrogens with zero attached hydrogens (tertiary/aromatic N) is 1. The van der Waals surface area contributed by atoms with E-state index in [1.165, 1.54) is 16.7 Å². The second-order valence-corrected chi connectivity index (χ2v) is 6.46. The summed E-state index contributed by atoms with van der Waals surface area (Å²) in [6.45, 7) is 3.76. The number of aromatic nitrogens is 1. The monoisotopic (exact) mass is 362 g/mol. The third kappa shape index (κ3) is 4.54. The number of methoxy groups -OCH3 is 1. The fourth-order valence-electron chi connectivity index (χ4n) is 3.20. The molecule has 0 saturated heterocycles. The Balaban J connectivity index is 1.90. The Labute approximate surface area is 160 Å². The van der Waals surface area contributed by atoms with E-state index in [0.29, 0.717) is 12.4 Å². The topological polar surface area (TPSA) is 54.4 Å². The quantitative estimate of drug-likeness (QED) is 0.590. The molecule has 0 aliphatic carbocycles. The van der Waals surface area contributed by atoms with Crippen molar-refractivity contribution in [3.63, 3.8) is 0 Å². The van der Waals surface area contributed by atoms with Gasteiger partial charge < -0.3 is 15.2 Å². The molecular weight excluding hydrogens is 336 g/mol. The molecule has 3 rings (SSSR count). The van der Waals surface area contributed by atoms with Crippen LogP contribution in [0.25, 0.3) is 22.4 Å². The third-order valence-electron chi connectivity index (χ3n) is 4.65. The molecule has 0 fully saturated rings. The third-order valence-corrected chi connectivity index (χ3v) is 4.65. The van der Waals surface area contributed by atoms with Crippen molar-refractivity contribution in [3.05, 3.63) is 71.8 Å². The minimum Gasteiger partial charge on any atom is -0.481 e. The smallest absolute Gasteiger partial charge is 0.218 e. The minimum atomic E-state index is 0.193. The summed E-state index contributed by atoms with van der Waals surface area (Å²) in [4.78, 5) is 4.74. The van der Waals surface area contributed by atoms with Crippen molar-refractivity contribution in [1.29, 1.82) is 0 Å². The van der Waals surface area contributed by atoms with E-state index in [0.717, 1.165) is 29.8 Å². The Hall–Kier alpha value is -2.69. The Kier molecular flexibility index (Phi) is 6.58. The van der Waals surface area contributed by atoms with Gasteiger partial charge in [0.2, 0.25) is 5.88 Å². The first-order chi connectivity index (χ1) is 13.2. The van der Waals surface area contributed by atoms with Gasteiger partial charge in [-0.3, -0.25) is 0 Å². The maximum absolute atomic E-state index is 8.88. The van der Waals surface area contributed by atoms with E-state index >= 15 is 0 Å². The van der Waals surface area contributed by atoms with Gasteiger partial charge in [0, 0.05) is 24.3 Å². The summed E-state index contributed by atoms with van der Waals surface area (Å²) in [6, 6.07) is 20.8. The lowest BCUT2D eigenvalue weighted by Crippen LogP contribution is -2.16. The fourth-order valence-corrected chi connectivity index (χ4v) is 3.20. The van der Waals surface area contributed by atoms with Crippen molar-refractivity contribution in [2.24, 2.45) is 0 Å². The van der Waals surface area contributed by atoms with Crippen molar-refractivity contribution < 1.29 is 9.84 Å². The lowest BCUT2D eigenvalue weighted by molar-refractivity contribution is 0.286.